The Kier molecular flexibility index (Phi) is 9.98. The summed E-state index contributed by atoms with van der Waals surface area (Å²) < 4.78 is 15.9. The number of epoxide rings is 1. The topological polar surface area (TPSA) is 135 Å². The maximum atomic E-state index is 13.6. The van der Waals surface area contributed by atoms with Gasteiger partial charge < -0.3 is 30.2 Å². The highest BCUT2D eigenvalue weighted by molar-refractivity contribution is 5.98. The number of benzene rings is 1. The summed E-state index contributed by atoms with van der Waals surface area (Å²) in [4.78, 5) is 52.1. The Morgan fingerprint density at radius 3 is 2.13 bits per heavy atom. The lowest BCUT2D eigenvalue weighted by molar-refractivity contribution is -0.133. The van der Waals surface area contributed by atoms with Crippen molar-refractivity contribution in [1.82, 2.24) is 16.0 Å². The minimum Gasteiger partial charge on any atom is -0.497 e. The lowest BCUT2D eigenvalue weighted by Crippen LogP contribution is -2.57. The van der Waals surface area contributed by atoms with Gasteiger partial charge in [-0.1, -0.05) is 37.8 Å². The fourth-order valence-corrected chi connectivity index (χ4v) is 4.76. The molecule has 0 spiro atoms. The van der Waals surface area contributed by atoms with Crippen LogP contribution in [0.1, 0.15) is 72.3 Å². The van der Waals surface area contributed by atoms with E-state index in [-0.39, 0.29) is 12.2 Å². The quantitative estimate of drug-likeness (QED) is 0.344. The Bertz CT molecular complexity index is 1020. The van der Waals surface area contributed by atoms with Gasteiger partial charge in [-0.05, 0) is 64.7 Å². The van der Waals surface area contributed by atoms with Gasteiger partial charge in [0.25, 0.3) is 0 Å². The molecule has 0 aromatic heterocycles. The van der Waals surface area contributed by atoms with Crippen LogP contribution >= 0.6 is 0 Å². The average Bonchev–Trinajstić information content (AvgIpc) is 3.40. The van der Waals surface area contributed by atoms with Crippen molar-refractivity contribution in [2.75, 3.05) is 13.7 Å². The van der Waals surface area contributed by atoms with E-state index in [9.17, 15) is 19.2 Å². The summed E-state index contributed by atoms with van der Waals surface area (Å²) in [5.41, 5.74) is -0.808. The van der Waals surface area contributed by atoms with Crippen LogP contribution in [0.2, 0.25) is 0 Å². The molecule has 3 N–H and O–H groups in total. The zero-order valence-corrected chi connectivity index (χ0v) is 23.9. The van der Waals surface area contributed by atoms with E-state index < -0.39 is 47.2 Å². The molecule has 1 aliphatic carbocycles. The molecular weight excluding hydrogens is 502 g/mol. The third kappa shape index (κ3) is 9.23. The monoisotopic (exact) mass is 545 g/mol. The number of hydrogen-bond donors (Lipinski definition) is 3. The number of amides is 3. The molecule has 2 aliphatic rings. The number of ketones is 1. The molecule has 3 rings (SSSR count). The third-order valence-corrected chi connectivity index (χ3v) is 7.13. The van der Waals surface area contributed by atoms with Gasteiger partial charge in [-0.15, -0.1) is 0 Å². The highest BCUT2D eigenvalue weighted by Crippen LogP contribution is 2.33. The van der Waals surface area contributed by atoms with Crippen LogP contribution in [-0.2, 0) is 30.3 Å². The van der Waals surface area contributed by atoms with Crippen LogP contribution in [-0.4, -0.2) is 66.7 Å². The molecule has 1 saturated heterocycles. The largest absolute Gasteiger partial charge is 0.497 e. The molecule has 10 heteroatoms. The molecular formula is C29H43N3O7. The van der Waals surface area contributed by atoms with Crippen LogP contribution < -0.4 is 20.7 Å². The summed E-state index contributed by atoms with van der Waals surface area (Å²) >= 11 is 0. The number of rotatable bonds is 12. The molecule has 2 fully saturated rings. The minimum absolute atomic E-state index is 0.141. The van der Waals surface area contributed by atoms with Crippen molar-refractivity contribution in [3.8, 4) is 5.75 Å². The molecule has 216 valence electrons. The molecule has 3 amide bonds. The number of nitrogens with one attached hydrogen (secondary N) is 3. The van der Waals surface area contributed by atoms with E-state index in [1.54, 1.807) is 46.9 Å². The Balaban J connectivity index is 1.75. The van der Waals surface area contributed by atoms with Crippen molar-refractivity contribution in [2.24, 2.45) is 5.92 Å². The Hall–Kier alpha value is -3.14. The molecule has 1 aromatic rings. The highest BCUT2D eigenvalue weighted by Gasteiger charge is 2.50. The van der Waals surface area contributed by atoms with Gasteiger partial charge in [-0.25, -0.2) is 4.79 Å². The first kappa shape index (κ1) is 30.4. The van der Waals surface area contributed by atoms with Gasteiger partial charge >= 0.3 is 6.09 Å². The van der Waals surface area contributed by atoms with Crippen molar-refractivity contribution in [3.63, 3.8) is 0 Å². The van der Waals surface area contributed by atoms with Crippen molar-refractivity contribution in [1.29, 1.82) is 0 Å². The second-order valence-corrected chi connectivity index (χ2v) is 11.8. The fraction of sp³-hybridized carbons (Fsp3) is 0.655. The predicted molar refractivity (Wildman–Crippen MR) is 145 cm³/mol. The minimum atomic E-state index is -0.986. The van der Waals surface area contributed by atoms with Gasteiger partial charge in [0.2, 0.25) is 11.8 Å². The molecule has 1 aliphatic heterocycles. The Labute approximate surface area is 230 Å². The van der Waals surface area contributed by atoms with Gasteiger partial charge in [-0.2, -0.15) is 0 Å². The Morgan fingerprint density at radius 2 is 1.59 bits per heavy atom. The average molecular weight is 546 g/mol. The van der Waals surface area contributed by atoms with E-state index in [4.69, 9.17) is 14.2 Å². The summed E-state index contributed by atoms with van der Waals surface area (Å²) in [7, 11) is 1.57. The van der Waals surface area contributed by atoms with Gasteiger partial charge in [0.15, 0.2) is 5.78 Å². The maximum absolute atomic E-state index is 13.6. The van der Waals surface area contributed by atoms with Crippen molar-refractivity contribution in [3.05, 3.63) is 29.8 Å². The summed E-state index contributed by atoms with van der Waals surface area (Å²) in [6.45, 7) is 8.76. The summed E-state index contributed by atoms with van der Waals surface area (Å²) in [6, 6.07) is 4.52. The first-order valence-electron chi connectivity index (χ1n) is 13.7. The SMILES string of the molecule is COc1ccc(C[C@H](NC(=O)[C@@H](C)NC(=O)OC(C)(C)C)C(=O)N[C@@H](CC2CCCC2)C(=O)[C@@]2(C)CO2)cc1. The number of ether oxygens (including phenoxy) is 3. The van der Waals surface area contributed by atoms with Gasteiger partial charge in [0.1, 0.15) is 29.0 Å². The van der Waals surface area contributed by atoms with E-state index in [1.165, 1.54) is 6.92 Å². The first-order chi connectivity index (χ1) is 18.3. The van der Waals surface area contributed by atoms with E-state index in [2.05, 4.69) is 16.0 Å². The summed E-state index contributed by atoms with van der Waals surface area (Å²) in [5, 5.41) is 8.19. The lowest BCUT2D eigenvalue weighted by atomic mass is 9.90. The van der Waals surface area contributed by atoms with Crippen molar-refractivity contribution in [2.45, 2.75) is 102 Å². The standard InChI is InChI=1S/C29H43N3O7/c1-18(30-27(36)39-28(2,3)4)25(34)32-23(16-20-11-13-21(37-6)14-12-20)26(35)31-22(15-19-9-7-8-10-19)24(33)29(5)17-38-29/h11-14,18-19,22-23H,7-10,15-17H2,1-6H3,(H,30,36)(H,31,35)(H,32,34)/t18-,22+,23+,29-/m1/s1. The Morgan fingerprint density at radius 1 is 1.00 bits per heavy atom. The molecule has 0 bridgehead atoms. The van der Waals surface area contributed by atoms with Gasteiger partial charge in [0.05, 0.1) is 19.8 Å². The zero-order valence-electron chi connectivity index (χ0n) is 23.9. The van der Waals surface area contributed by atoms with Crippen molar-refractivity contribution >= 4 is 23.7 Å². The number of methoxy groups -OCH3 is 1. The van der Waals surface area contributed by atoms with Crippen molar-refractivity contribution < 1.29 is 33.4 Å². The van der Waals surface area contributed by atoms with Crippen LogP contribution in [0.5, 0.6) is 5.75 Å². The third-order valence-electron chi connectivity index (χ3n) is 7.13. The summed E-state index contributed by atoms with van der Waals surface area (Å²) in [5.74, 6) is -0.139. The van der Waals surface area contributed by atoms with E-state index in [0.717, 1.165) is 31.2 Å². The first-order valence-corrected chi connectivity index (χ1v) is 13.7. The van der Waals surface area contributed by atoms with Crippen LogP contribution in [0.4, 0.5) is 4.79 Å². The number of hydrogen-bond acceptors (Lipinski definition) is 7. The molecule has 39 heavy (non-hydrogen) atoms. The number of alkyl carbamates (subject to hydrolysis) is 1. The molecule has 1 aromatic carbocycles. The second kappa shape index (κ2) is 12.8. The number of carbonyl (C=O) groups is 4. The van der Waals surface area contributed by atoms with Gasteiger partial charge in [0, 0.05) is 6.42 Å². The second-order valence-electron chi connectivity index (χ2n) is 11.8. The fourth-order valence-electron chi connectivity index (χ4n) is 4.76. The lowest BCUT2D eigenvalue weighted by Gasteiger charge is -2.27. The van der Waals surface area contributed by atoms with Gasteiger partial charge in [-0.3, -0.25) is 14.4 Å². The zero-order chi connectivity index (χ0) is 28.8. The van der Waals surface area contributed by atoms with Crippen LogP contribution in [0.15, 0.2) is 24.3 Å². The van der Waals surface area contributed by atoms with Crippen LogP contribution in [0.25, 0.3) is 0 Å². The molecule has 1 heterocycles. The molecule has 0 unspecified atom stereocenters. The van der Waals surface area contributed by atoms with Crippen LogP contribution in [0.3, 0.4) is 0 Å². The highest BCUT2D eigenvalue weighted by atomic mass is 16.6. The normalized spacial score (nSPS) is 21.3. The van der Waals surface area contributed by atoms with E-state index in [1.807, 2.05) is 12.1 Å². The smallest absolute Gasteiger partial charge is 0.408 e. The van der Waals surface area contributed by atoms with Crippen LogP contribution in [0, 0.1) is 5.92 Å². The summed E-state index contributed by atoms with van der Waals surface area (Å²) in [6.07, 6.45) is 4.27. The predicted octanol–water partition coefficient (Wildman–Crippen LogP) is 3.06. The number of Topliss-reactive ketones (excluding diaryl/α,β-unsaturated/α-hetero) is 1. The van der Waals surface area contributed by atoms with E-state index >= 15 is 0 Å². The molecule has 1 saturated carbocycles. The number of carbonyl (C=O) groups excluding carboxylic acids is 4. The molecule has 0 radical (unpaired) electrons. The maximum Gasteiger partial charge on any atom is 0.408 e. The molecule has 10 nitrogen and oxygen atoms in total. The molecule has 4 atom stereocenters. The van der Waals surface area contributed by atoms with E-state index in [0.29, 0.717) is 24.7 Å².